The Kier molecular flexibility index (Phi) is 4.45. The third-order valence-electron chi connectivity index (χ3n) is 8.41. The van der Waals surface area contributed by atoms with Gasteiger partial charge in [0.1, 0.15) is 5.75 Å². The number of carbonyl (C=O) groups excluding carboxylic acids is 1. The van der Waals surface area contributed by atoms with Crippen LogP contribution in [0.15, 0.2) is 42.5 Å². The number of hydrogen-bond acceptors (Lipinski definition) is 2. The molecule has 0 radical (unpaired) electrons. The van der Waals surface area contributed by atoms with Crippen molar-refractivity contribution in [2.24, 2.45) is 17.3 Å². The zero-order valence-electron chi connectivity index (χ0n) is 17.4. The highest BCUT2D eigenvalue weighted by Gasteiger charge is 2.55. The molecule has 5 atom stereocenters. The van der Waals surface area contributed by atoms with Crippen molar-refractivity contribution in [3.63, 3.8) is 0 Å². The number of phenols is 1. The summed E-state index contributed by atoms with van der Waals surface area (Å²) in [7, 11) is 0. The van der Waals surface area contributed by atoms with Crippen molar-refractivity contribution >= 4 is 5.91 Å². The SMILES string of the molecule is Cc1ccccc1C(=O)N[C@H]1CC[C@H]2[C@@H]3CCc4cc(O)ccc4[C@H]3CC[C@]12C. The number of aromatic hydroxyl groups is 1. The summed E-state index contributed by atoms with van der Waals surface area (Å²) in [4.78, 5) is 13.0. The van der Waals surface area contributed by atoms with E-state index >= 15 is 0 Å². The van der Waals surface area contributed by atoms with Gasteiger partial charge < -0.3 is 10.4 Å². The van der Waals surface area contributed by atoms with Crippen molar-refractivity contribution in [3.05, 3.63) is 64.7 Å². The van der Waals surface area contributed by atoms with Crippen LogP contribution in [0.3, 0.4) is 0 Å². The van der Waals surface area contributed by atoms with E-state index in [4.69, 9.17) is 0 Å². The zero-order valence-corrected chi connectivity index (χ0v) is 17.4. The molecule has 2 aromatic carbocycles. The fourth-order valence-corrected chi connectivity index (χ4v) is 6.87. The maximum Gasteiger partial charge on any atom is 0.251 e. The van der Waals surface area contributed by atoms with Gasteiger partial charge in [-0.1, -0.05) is 31.2 Å². The van der Waals surface area contributed by atoms with Gasteiger partial charge in [-0.15, -0.1) is 0 Å². The highest BCUT2D eigenvalue weighted by Crippen LogP contribution is 2.61. The van der Waals surface area contributed by atoms with Crippen LogP contribution in [0.2, 0.25) is 0 Å². The Balaban J connectivity index is 1.37. The van der Waals surface area contributed by atoms with E-state index in [1.54, 1.807) is 0 Å². The van der Waals surface area contributed by atoms with E-state index in [2.05, 4.69) is 18.3 Å². The van der Waals surface area contributed by atoms with E-state index in [0.717, 1.165) is 30.4 Å². The number of benzene rings is 2. The fourth-order valence-electron chi connectivity index (χ4n) is 6.87. The first-order valence-corrected chi connectivity index (χ1v) is 11.2. The molecule has 3 aliphatic carbocycles. The fraction of sp³-hybridized carbons (Fsp3) is 0.500. The zero-order chi connectivity index (χ0) is 20.2. The molecule has 0 aliphatic heterocycles. The minimum atomic E-state index is 0.0848. The number of rotatable bonds is 2. The number of phenolic OH excluding ortho intramolecular Hbond substituents is 1. The molecule has 0 bridgehead atoms. The maximum absolute atomic E-state index is 13.0. The van der Waals surface area contributed by atoms with E-state index in [1.165, 1.54) is 30.4 Å². The summed E-state index contributed by atoms with van der Waals surface area (Å²) in [5, 5.41) is 13.3. The normalized spacial score (nSPS) is 32.8. The van der Waals surface area contributed by atoms with Gasteiger partial charge in [0.15, 0.2) is 0 Å². The average Bonchev–Trinajstić information content (AvgIpc) is 3.04. The van der Waals surface area contributed by atoms with Crippen LogP contribution in [-0.2, 0) is 6.42 Å². The third-order valence-corrected chi connectivity index (χ3v) is 8.41. The van der Waals surface area contributed by atoms with E-state index < -0.39 is 0 Å². The Morgan fingerprint density at radius 3 is 2.76 bits per heavy atom. The largest absolute Gasteiger partial charge is 0.508 e. The predicted molar refractivity (Wildman–Crippen MR) is 115 cm³/mol. The van der Waals surface area contributed by atoms with E-state index in [1.807, 2.05) is 43.3 Å². The summed E-state index contributed by atoms with van der Waals surface area (Å²) in [6.45, 7) is 4.44. The lowest BCUT2D eigenvalue weighted by Crippen LogP contribution is -2.50. The van der Waals surface area contributed by atoms with Gasteiger partial charge in [0.25, 0.3) is 5.91 Å². The summed E-state index contributed by atoms with van der Waals surface area (Å²) in [5.74, 6) is 2.46. The molecule has 5 rings (SSSR count). The van der Waals surface area contributed by atoms with E-state index in [9.17, 15) is 9.90 Å². The molecule has 2 aromatic rings. The molecular weight excluding hydrogens is 358 g/mol. The van der Waals surface area contributed by atoms with Gasteiger partial charge in [0, 0.05) is 11.6 Å². The molecule has 29 heavy (non-hydrogen) atoms. The first-order chi connectivity index (χ1) is 14.0. The first-order valence-electron chi connectivity index (χ1n) is 11.2. The van der Waals surface area contributed by atoms with Gasteiger partial charge in [-0.3, -0.25) is 4.79 Å². The summed E-state index contributed by atoms with van der Waals surface area (Å²) in [6.07, 6.45) is 6.93. The molecule has 2 saturated carbocycles. The van der Waals surface area contributed by atoms with Crippen LogP contribution in [0.25, 0.3) is 0 Å². The van der Waals surface area contributed by atoms with Crippen LogP contribution < -0.4 is 5.32 Å². The van der Waals surface area contributed by atoms with Crippen LogP contribution in [0.5, 0.6) is 5.75 Å². The second-order valence-electron chi connectivity index (χ2n) is 9.76. The van der Waals surface area contributed by atoms with Crippen molar-refractivity contribution in [1.82, 2.24) is 5.32 Å². The molecule has 0 unspecified atom stereocenters. The second kappa shape index (κ2) is 6.90. The molecule has 0 heterocycles. The van der Waals surface area contributed by atoms with Crippen LogP contribution in [0, 0.1) is 24.2 Å². The van der Waals surface area contributed by atoms with Gasteiger partial charge in [0.05, 0.1) is 0 Å². The Morgan fingerprint density at radius 1 is 1.10 bits per heavy atom. The maximum atomic E-state index is 13.0. The van der Waals surface area contributed by atoms with E-state index in [-0.39, 0.29) is 17.4 Å². The van der Waals surface area contributed by atoms with Gasteiger partial charge in [-0.05, 0) is 104 Å². The minimum Gasteiger partial charge on any atom is -0.508 e. The molecule has 1 amide bonds. The number of aryl methyl sites for hydroxylation is 2. The topological polar surface area (TPSA) is 49.3 Å². The quantitative estimate of drug-likeness (QED) is 0.727. The number of amides is 1. The van der Waals surface area contributed by atoms with Crippen LogP contribution in [-0.4, -0.2) is 17.1 Å². The summed E-state index contributed by atoms with van der Waals surface area (Å²) < 4.78 is 0. The van der Waals surface area contributed by atoms with Crippen molar-refractivity contribution in [2.75, 3.05) is 0 Å². The monoisotopic (exact) mass is 389 g/mol. The molecule has 0 saturated heterocycles. The van der Waals surface area contributed by atoms with Crippen LogP contribution >= 0.6 is 0 Å². The Bertz CT molecular complexity index is 951. The molecule has 3 aliphatic rings. The minimum absolute atomic E-state index is 0.0848. The lowest BCUT2D eigenvalue weighted by atomic mass is 9.55. The van der Waals surface area contributed by atoms with Crippen LogP contribution in [0.1, 0.15) is 72.0 Å². The first kappa shape index (κ1) is 18.7. The number of carbonyl (C=O) groups is 1. The second-order valence-corrected chi connectivity index (χ2v) is 9.76. The van der Waals surface area contributed by atoms with Crippen molar-refractivity contribution in [2.45, 2.75) is 64.3 Å². The Morgan fingerprint density at radius 2 is 1.93 bits per heavy atom. The summed E-state index contributed by atoms with van der Waals surface area (Å²) >= 11 is 0. The molecule has 2 fully saturated rings. The third kappa shape index (κ3) is 2.97. The van der Waals surface area contributed by atoms with Gasteiger partial charge >= 0.3 is 0 Å². The molecule has 3 nitrogen and oxygen atoms in total. The number of nitrogens with one attached hydrogen (secondary N) is 1. The predicted octanol–water partition coefficient (Wildman–Crippen LogP) is 5.36. The van der Waals surface area contributed by atoms with Crippen molar-refractivity contribution < 1.29 is 9.90 Å². The van der Waals surface area contributed by atoms with Gasteiger partial charge in [0.2, 0.25) is 0 Å². The highest BCUT2D eigenvalue weighted by atomic mass is 16.3. The Labute approximate surface area is 173 Å². The molecule has 2 N–H and O–H groups in total. The van der Waals surface area contributed by atoms with Gasteiger partial charge in [-0.2, -0.15) is 0 Å². The lowest BCUT2D eigenvalue weighted by Gasteiger charge is -2.51. The summed E-state index contributed by atoms with van der Waals surface area (Å²) in [5.41, 5.74) is 4.85. The van der Waals surface area contributed by atoms with Crippen molar-refractivity contribution in [3.8, 4) is 5.75 Å². The number of fused-ring (bicyclic) bond motifs is 5. The van der Waals surface area contributed by atoms with Crippen molar-refractivity contribution in [1.29, 1.82) is 0 Å². The molecule has 0 aromatic heterocycles. The van der Waals surface area contributed by atoms with Gasteiger partial charge in [-0.25, -0.2) is 0 Å². The molecule has 152 valence electrons. The highest BCUT2D eigenvalue weighted by molar-refractivity contribution is 5.95. The lowest BCUT2D eigenvalue weighted by molar-refractivity contribution is 0.0394. The Hall–Kier alpha value is -2.29. The standard InChI is InChI=1S/C26H31NO2/c1-16-5-3-4-6-19(16)25(29)27-24-12-11-23-22-9-7-17-15-18(28)8-10-20(17)21(22)13-14-26(23,24)2/h3-6,8,10,15,21-24,28H,7,9,11-14H2,1-2H3,(H,27,29)/t21-,22-,23+,24+,26+/m1/s1. The smallest absolute Gasteiger partial charge is 0.251 e. The van der Waals surface area contributed by atoms with Crippen LogP contribution in [0.4, 0.5) is 0 Å². The van der Waals surface area contributed by atoms with E-state index in [0.29, 0.717) is 23.5 Å². The average molecular weight is 390 g/mol. The summed E-state index contributed by atoms with van der Waals surface area (Å²) in [6, 6.07) is 14.1. The number of hydrogen-bond donors (Lipinski definition) is 2. The molecular formula is C26H31NO2. The molecule has 3 heteroatoms. The molecule has 0 spiro atoms.